The van der Waals surface area contributed by atoms with Crippen molar-refractivity contribution in [2.75, 3.05) is 0 Å². The minimum absolute atomic E-state index is 0.0214. The molecule has 0 N–H and O–H groups in total. The molecule has 0 aliphatic rings. The summed E-state index contributed by atoms with van der Waals surface area (Å²) in [4.78, 5) is 11.9. The van der Waals surface area contributed by atoms with Crippen LogP contribution in [0.25, 0.3) is 5.52 Å². The van der Waals surface area contributed by atoms with Gasteiger partial charge in [0.25, 0.3) is 0 Å². The van der Waals surface area contributed by atoms with Crippen LogP contribution in [0.3, 0.4) is 0 Å². The molecule has 74 valence electrons. The molecule has 2 aromatic rings. The van der Waals surface area contributed by atoms with Crippen LogP contribution in [0.4, 0.5) is 0 Å². The lowest BCUT2D eigenvalue weighted by Gasteiger charge is -2.18. The van der Waals surface area contributed by atoms with Gasteiger partial charge in [0.2, 0.25) is 0 Å². The monoisotopic (exact) mass is 190 g/mol. The van der Waals surface area contributed by atoms with Gasteiger partial charge in [-0.05, 0) is 32.9 Å². The van der Waals surface area contributed by atoms with Crippen LogP contribution in [0.1, 0.15) is 20.8 Å². The molecule has 0 aliphatic carbocycles. The highest BCUT2D eigenvalue weighted by Gasteiger charge is 2.16. The van der Waals surface area contributed by atoms with E-state index in [0.29, 0.717) is 0 Å². The van der Waals surface area contributed by atoms with Gasteiger partial charge in [0.15, 0.2) is 0 Å². The molecule has 14 heavy (non-hydrogen) atoms. The van der Waals surface area contributed by atoms with Crippen LogP contribution in [0.5, 0.6) is 0 Å². The van der Waals surface area contributed by atoms with E-state index in [9.17, 15) is 4.79 Å². The molecule has 0 amide bonds. The molecule has 2 aromatic heterocycles. The van der Waals surface area contributed by atoms with Gasteiger partial charge in [-0.1, -0.05) is 6.07 Å². The zero-order valence-corrected chi connectivity index (χ0v) is 8.69. The highest BCUT2D eigenvalue weighted by Crippen LogP contribution is 2.12. The fourth-order valence-electron chi connectivity index (χ4n) is 1.52. The van der Waals surface area contributed by atoms with Gasteiger partial charge < -0.3 is 0 Å². The van der Waals surface area contributed by atoms with Crippen molar-refractivity contribution in [1.29, 1.82) is 0 Å². The number of imidazole rings is 1. The van der Waals surface area contributed by atoms with Crippen molar-refractivity contribution in [3.8, 4) is 0 Å². The topological polar surface area (TPSA) is 26.4 Å². The predicted molar refractivity (Wildman–Crippen MR) is 56.7 cm³/mol. The van der Waals surface area contributed by atoms with Crippen LogP contribution in [0.2, 0.25) is 0 Å². The Balaban J connectivity index is 2.82. The maximum Gasteiger partial charge on any atom is 0.333 e. The lowest BCUT2D eigenvalue weighted by molar-refractivity contribution is 0.384. The van der Waals surface area contributed by atoms with Crippen molar-refractivity contribution < 1.29 is 0 Å². The van der Waals surface area contributed by atoms with Crippen LogP contribution in [-0.2, 0) is 5.54 Å². The molecule has 0 fully saturated rings. The quantitative estimate of drug-likeness (QED) is 0.622. The second-order valence-electron chi connectivity index (χ2n) is 4.45. The normalized spacial score (nSPS) is 12.2. The molecule has 2 heterocycles. The molecular weight excluding hydrogens is 176 g/mol. The van der Waals surface area contributed by atoms with E-state index in [1.165, 1.54) is 0 Å². The van der Waals surface area contributed by atoms with Crippen LogP contribution in [0, 0.1) is 0 Å². The molecule has 0 saturated carbocycles. The molecule has 0 bridgehead atoms. The minimum atomic E-state index is -0.164. The third kappa shape index (κ3) is 1.25. The molecule has 0 aliphatic heterocycles. The molecule has 2 rings (SSSR count). The van der Waals surface area contributed by atoms with E-state index in [1.54, 1.807) is 15.2 Å². The van der Waals surface area contributed by atoms with Crippen LogP contribution in [-0.4, -0.2) is 8.97 Å². The fourth-order valence-corrected chi connectivity index (χ4v) is 1.52. The first-order chi connectivity index (χ1) is 6.50. The first-order valence-electron chi connectivity index (χ1n) is 4.69. The van der Waals surface area contributed by atoms with E-state index in [4.69, 9.17) is 0 Å². The van der Waals surface area contributed by atoms with Gasteiger partial charge in [-0.2, -0.15) is 0 Å². The number of pyridine rings is 1. The average molecular weight is 190 g/mol. The number of hydrogen-bond donors (Lipinski definition) is 0. The molecule has 0 spiro atoms. The van der Waals surface area contributed by atoms with Gasteiger partial charge in [0.1, 0.15) is 0 Å². The van der Waals surface area contributed by atoms with Crippen molar-refractivity contribution in [2.45, 2.75) is 26.3 Å². The maximum atomic E-state index is 11.9. The molecular formula is C11H14N2O. The number of aromatic nitrogens is 2. The van der Waals surface area contributed by atoms with E-state index in [0.717, 1.165) is 5.52 Å². The highest BCUT2D eigenvalue weighted by molar-refractivity contribution is 5.44. The van der Waals surface area contributed by atoms with E-state index >= 15 is 0 Å². The smallest absolute Gasteiger partial charge is 0.293 e. The van der Waals surface area contributed by atoms with Gasteiger partial charge in [-0.3, -0.25) is 8.97 Å². The Kier molecular flexibility index (Phi) is 1.77. The molecule has 3 heteroatoms. The van der Waals surface area contributed by atoms with Gasteiger partial charge in [0.05, 0.1) is 5.52 Å². The van der Waals surface area contributed by atoms with Crippen molar-refractivity contribution in [3.63, 3.8) is 0 Å². The summed E-state index contributed by atoms with van der Waals surface area (Å²) in [5.74, 6) is 0. The zero-order chi connectivity index (χ0) is 10.3. The summed E-state index contributed by atoms with van der Waals surface area (Å²) in [6, 6.07) is 5.73. The largest absolute Gasteiger partial charge is 0.333 e. The molecule has 0 unspecified atom stereocenters. The lowest BCUT2D eigenvalue weighted by atomic mass is 10.1. The number of rotatable bonds is 0. The fraction of sp³-hybridized carbons (Fsp3) is 0.364. The number of nitrogens with zero attached hydrogens (tertiary/aromatic N) is 2. The predicted octanol–water partition coefficient (Wildman–Crippen LogP) is 1.86. The summed E-state index contributed by atoms with van der Waals surface area (Å²) in [5.41, 5.74) is 0.795. The van der Waals surface area contributed by atoms with Gasteiger partial charge in [-0.15, -0.1) is 0 Å². The molecule has 3 nitrogen and oxygen atoms in total. The maximum absolute atomic E-state index is 11.9. The number of hydrogen-bond acceptors (Lipinski definition) is 1. The summed E-state index contributed by atoms with van der Waals surface area (Å²) >= 11 is 0. The SMILES string of the molecule is CC(C)(C)n1cc2ccccn2c1=O. The Morgan fingerprint density at radius 2 is 1.93 bits per heavy atom. The summed E-state index contributed by atoms with van der Waals surface area (Å²) in [5, 5.41) is 0. The van der Waals surface area contributed by atoms with Crippen LogP contribution in [0.15, 0.2) is 35.4 Å². The minimum Gasteiger partial charge on any atom is -0.293 e. The summed E-state index contributed by atoms with van der Waals surface area (Å²) < 4.78 is 3.41. The Morgan fingerprint density at radius 1 is 1.21 bits per heavy atom. The van der Waals surface area contributed by atoms with Crippen LogP contribution < -0.4 is 5.69 Å². The third-order valence-corrected chi connectivity index (χ3v) is 2.29. The zero-order valence-electron chi connectivity index (χ0n) is 8.69. The van der Waals surface area contributed by atoms with Gasteiger partial charge in [-0.25, -0.2) is 4.79 Å². The summed E-state index contributed by atoms with van der Waals surface area (Å²) in [6.07, 6.45) is 3.68. The summed E-state index contributed by atoms with van der Waals surface area (Å²) in [6.45, 7) is 6.06. The van der Waals surface area contributed by atoms with E-state index in [-0.39, 0.29) is 11.2 Å². The molecule has 0 radical (unpaired) electrons. The van der Waals surface area contributed by atoms with Crippen molar-refractivity contribution in [3.05, 3.63) is 41.1 Å². The van der Waals surface area contributed by atoms with Gasteiger partial charge >= 0.3 is 5.69 Å². The van der Waals surface area contributed by atoms with Crippen molar-refractivity contribution in [1.82, 2.24) is 8.97 Å². The average Bonchev–Trinajstić information content (AvgIpc) is 2.44. The molecule has 0 atom stereocenters. The Bertz CT molecular complexity index is 514. The van der Waals surface area contributed by atoms with E-state index in [1.807, 2.05) is 45.2 Å². The second-order valence-corrected chi connectivity index (χ2v) is 4.45. The first-order valence-corrected chi connectivity index (χ1v) is 4.69. The van der Waals surface area contributed by atoms with Crippen molar-refractivity contribution >= 4 is 5.52 Å². The van der Waals surface area contributed by atoms with Gasteiger partial charge in [0, 0.05) is 17.9 Å². The standard InChI is InChI=1S/C11H14N2O/c1-11(2,3)13-8-9-6-4-5-7-12(9)10(13)14/h4-8H,1-3H3. The van der Waals surface area contributed by atoms with Crippen molar-refractivity contribution in [2.24, 2.45) is 0 Å². The first kappa shape index (κ1) is 9.06. The number of fused-ring (bicyclic) bond motifs is 1. The van der Waals surface area contributed by atoms with E-state index < -0.39 is 0 Å². The molecule has 0 saturated heterocycles. The Labute approximate surface area is 82.6 Å². The lowest BCUT2D eigenvalue weighted by Crippen LogP contribution is -2.32. The Morgan fingerprint density at radius 3 is 2.50 bits per heavy atom. The highest BCUT2D eigenvalue weighted by atomic mass is 16.1. The molecule has 0 aromatic carbocycles. The third-order valence-electron chi connectivity index (χ3n) is 2.29. The Hall–Kier alpha value is -1.51. The van der Waals surface area contributed by atoms with Crippen LogP contribution >= 0.6 is 0 Å². The summed E-state index contributed by atoms with van der Waals surface area (Å²) in [7, 11) is 0. The van der Waals surface area contributed by atoms with E-state index in [2.05, 4.69) is 0 Å². The second kappa shape index (κ2) is 2.74.